The molecule has 0 aliphatic carbocycles. The van der Waals surface area contributed by atoms with E-state index in [2.05, 4.69) is 37.5 Å². The predicted molar refractivity (Wildman–Crippen MR) is 109 cm³/mol. The van der Waals surface area contributed by atoms with E-state index in [4.69, 9.17) is 4.42 Å². The van der Waals surface area contributed by atoms with Crippen molar-refractivity contribution in [3.63, 3.8) is 0 Å². The zero-order chi connectivity index (χ0) is 22.1. The Morgan fingerprint density at radius 2 is 1.84 bits per heavy atom. The van der Waals surface area contributed by atoms with E-state index >= 15 is 0 Å². The number of hydrogen-bond acceptors (Lipinski definition) is 6. The lowest BCUT2D eigenvalue weighted by molar-refractivity contribution is 0.116. The van der Waals surface area contributed by atoms with Gasteiger partial charge < -0.3 is 4.42 Å². The zero-order valence-corrected chi connectivity index (χ0v) is 17.0. The molecule has 0 atom stereocenters. The molecule has 32 heavy (non-hydrogen) atoms. The normalized spacial score (nSPS) is 14.1. The molecule has 7 nitrogen and oxygen atoms in total. The van der Waals surface area contributed by atoms with Gasteiger partial charge in [-0.2, -0.15) is 8.78 Å². The Morgan fingerprint density at radius 3 is 2.56 bits per heavy atom. The highest BCUT2D eigenvalue weighted by molar-refractivity contribution is 5.58. The summed E-state index contributed by atoms with van der Waals surface area (Å²) in [4.78, 5) is 2.38. The van der Waals surface area contributed by atoms with Gasteiger partial charge in [0, 0.05) is 23.2 Å². The van der Waals surface area contributed by atoms with Gasteiger partial charge in [-0.05, 0) is 43.3 Å². The molecule has 0 amide bonds. The largest absolute Gasteiger partial charge is 0.415 e. The maximum atomic E-state index is 14.6. The summed E-state index contributed by atoms with van der Waals surface area (Å²) in [6.07, 6.45) is 0.138. The van der Waals surface area contributed by atoms with Crippen LogP contribution in [0.4, 0.5) is 13.2 Å². The van der Waals surface area contributed by atoms with Gasteiger partial charge in [-0.1, -0.05) is 29.5 Å². The maximum absolute atomic E-state index is 14.6. The Balaban J connectivity index is 1.30. The molecular formula is C22H19F3N6O. The highest BCUT2D eigenvalue weighted by Crippen LogP contribution is 2.25. The quantitative estimate of drug-likeness (QED) is 0.426. The minimum atomic E-state index is -2.88. The first-order valence-corrected chi connectivity index (χ1v) is 10.2. The first-order valence-electron chi connectivity index (χ1n) is 10.2. The molecular weight excluding hydrogens is 421 g/mol. The number of nitrogens with zero attached hydrogens (tertiary/aromatic N) is 6. The van der Waals surface area contributed by atoms with Crippen LogP contribution in [0.25, 0.3) is 22.7 Å². The van der Waals surface area contributed by atoms with Crippen LogP contribution in [0.3, 0.4) is 0 Å². The van der Waals surface area contributed by atoms with Crippen LogP contribution < -0.4 is 0 Å². The van der Waals surface area contributed by atoms with E-state index in [1.54, 1.807) is 10.9 Å². The summed E-state index contributed by atoms with van der Waals surface area (Å²) in [5.41, 5.74) is 3.47. The lowest BCUT2D eigenvalue weighted by Gasteiger charge is -2.30. The van der Waals surface area contributed by atoms with Gasteiger partial charge in [0.25, 0.3) is 5.89 Å². The first kappa shape index (κ1) is 20.4. The average molecular weight is 440 g/mol. The van der Waals surface area contributed by atoms with E-state index in [0.717, 1.165) is 25.2 Å². The van der Waals surface area contributed by atoms with Crippen molar-refractivity contribution in [3.05, 3.63) is 71.5 Å². The first-order chi connectivity index (χ1) is 15.5. The van der Waals surface area contributed by atoms with Crippen molar-refractivity contribution in [3.8, 4) is 22.7 Å². The topological polar surface area (TPSA) is 72.9 Å². The second kappa shape index (κ2) is 8.54. The molecule has 0 N–H and O–H groups in total. The number of rotatable bonds is 7. The van der Waals surface area contributed by atoms with Crippen LogP contribution in [0.15, 0.2) is 53.1 Å². The van der Waals surface area contributed by atoms with Crippen LogP contribution in [0, 0.1) is 5.82 Å². The molecule has 2 aromatic heterocycles. The lowest BCUT2D eigenvalue weighted by atomic mass is 10.1. The van der Waals surface area contributed by atoms with Gasteiger partial charge in [-0.3, -0.25) is 4.90 Å². The molecule has 164 valence electrons. The maximum Gasteiger partial charge on any atom is 0.314 e. The minimum Gasteiger partial charge on any atom is -0.415 e. The molecule has 0 radical (unpaired) electrons. The van der Waals surface area contributed by atoms with Crippen molar-refractivity contribution in [2.24, 2.45) is 0 Å². The molecule has 1 saturated heterocycles. The molecule has 2 aromatic carbocycles. The fourth-order valence-electron chi connectivity index (χ4n) is 3.56. The fourth-order valence-corrected chi connectivity index (χ4v) is 3.56. The second-order valence-electron chi connectivity index (χ2n) is 7.68. The van der Waals surface area contributed by atoms with Crippen LogP contribution in [0.2, 0.25) is 0 Å². The molecule has 4 aromatic rings. The lowest BCUT2D eigenvalue weighted by Crippen LogP contribution is -2.36. The molecule has 1 fully saturated rings. The van der Waals surface area contributed by atoms with Gasteiger partial charge in [0.15, 0.2) is 0 Å². The van der Waals surface area contributed by atoms with E-state index in [1.165, 1.54) is 30.2 Å². The number of aromatic nitrogens is 5. The minimum absolute atomic E-state index is 0.160. The Kier molecular flexibility index (Phi) is 5.44. The fraction of sp³-hybridized carbons (Fsp3) is 0.273. The molecule has 10 heteroatoms. The molecule has 5 rings (SSSR count). The van der Waals surface area contributed by atoms with Crippen LogP contribution >= 0.6 is 0 Å². The van der Waals surface area contributed by atoms with Crippen LogP contribution in [-0.4, -0.2) is 43.2 Å². The summed E-state index contributed by atoms with van der Waals surface area (Å²) < 4.78 is 46.3. The average Bonchev–Trinajstić information content (AvgIpc) is 3.43. The number of halogens is 3. The van der Waals surface area contributed by atoms with Gasteiger partial charge in [0.2, 0.25) is 5.89 Å². The number of alkyl halides is 2. The van der Waals surface area contributed by atoms with Crippen LogP contribution in [0.1, 0.15) is 29.9 Å². The molecule has 0 unspecified atom stereocenters. The van der Waals surface area contributed by atoms with Crippen molar-refractivity contribution in [1.82, 2.24) is 30.1 Å². The summed E-state index contributed by atoms with van der Waals surface area (Å²) in [5, 5.41) is 15.1. The number of likely N-dealkylation sites (tertiary alicyclic amines) is 1. The smallest absolute Gasteiger partial charge is 0.314 e. The highest BCUT2D eigenvalue weighted by Gasteiger charge is 2.18. The van der Waals surface area contributed by atoms with Crippen LogP contribution in [-0.2, 0) is 13.1 Å². The Bertz CT molecular complexity index is 1230. The van der Waals surface area contributed by atoms with Crippen LogP contribution in [0.5, 0.6) is 0 Å². The van der Waals surface area contributed by atoms with Gasteiger partial charge in [-0.15, -0.1) is 15.3 Å². The summed E-state index contributed by atoms with van der Waals surface area (Å²) in [7, 11) is 0. The Labute approximate surface area is 181 Å². The van der Waals surface area contributed by atoms with E-state index in [0.29, 0.717) is 11.3 Å². The third kappa shape index (κ3) is 4.26. The van der Waals surface area contributed by atoms with E-state index in [1.807, 2.05) is 12.1 Å². The Morgan fingerprint density at radius 1 is 0.969 bits per heavy atom. The van der Waals surface area contributed by atoms with Gasteiger partial charge in [-0.25, -0.2) is 9.07 Å². The molecule has 1 aliphatic heterocycles. The molecule has 3 heterocycles. The van der Waals surface area contributed by atoms with Crippen molar-refractivity contribution in [1.29, 1.82) is 0 Å². The monoisotopic (exact) mass is 440 g/mol. The number of benzene rings is 2. The molecule has 0 saturated carbocycles. The predicted octanol–water partition coefficient (Wildman–Crippen LogP) is 4.33. The third-order valence-electron chi connectivity index (χ3n) is 5.38. The van der Waals surface area contributed by atoms with Crippen molar-refractivity contribution < 1.29 is 17.6 Å². The summed E-state index contributed by atoms with van der Waals surface area (Å²) in [6.45, 7) is 3.34. The van der Waals surface area contributed by atoms with Crippen molar-refractivity contribution >= 4 is 0 Å². The molecule has 1 aliphatic rings. The number of hydrogen-bond donors (Lipinski definition) is 0. The molecule has 0 bridgehead atoms. The zero-order valence-electron chi connectivity index (χ0n) is 17.0. The Hall–Kier alpha value is -3.53. The van der Waals surface area contributed by atoms with Gasteiger partial charge in [0.1, 0.15) is 11.5 Å². The molecule has 0 spiro atoms. The SMILES string of the molecule is Fc1cc(-c2nnc(C(F)F)o2)ccc1Cn1cc(-c2cccc(CN3CCC3)c2)nn1. The third-order valence-corrected chi connectivity index (χ3v) is 5.38. The standard InChI is InChI=1S/C22H19F3N6O/c23-18-10-16(21-27-28-22(32-21)20(24)25)5-6-17(18)12-31-13-19(26-29-31)15-4-1-3-14(9-15)11-30-7-2-8-30/h1,3-6,9-10,13,20H,2,7-8,11-12H2. The van der Waals surface area contributed by atoms with Gasteiger partial charge in [0.05, 0.1) is 12.7 Å². The van der Waals surface area contributed by atoms with E-state index in [-0.39, 0.29) is 18.0 Å². The summed E-state index contributed by atoms with van der Waals surface area (Å²) in [5.74, 6) is -1.49. The van der Waals surface area contributed by atoms with Gasteiger partial charge >= 0.3 is 6.43 Å². The van der Waals surface area contributed by atoms with E-state index < -0.39 is 18.1 Å². The van der Waals surface area contributed by atoms with Crippen molar-refractivity contribution in [2.45, 2.75) is 25.9 Å². The summed E-state index contributed by atoms with van der Waals surface area (Å²) in [6, 6.07) is 12.4. The van der Waals surface area contributed by atoms with Crippen molar-refractivity contribution in [2.75, 3.05) is 13.1 Å². The summed E-state index contributed by atoms with van der Waals surface area (Å²) >= 11 is 0. The highest BCUT2D eigenvalue weighted by atomic mass is 19.3. The van der Waals surface area contributed by atoms with E-state index in [9.17, 15) is 13.2 Å². The second-order valence-corrected chi connectivity index (χ2v) is 7.68.